The van der Waals surface area contributed by atoms with Crippen LogP contribution in [0.4, 0.5) is 5.69 Å². The van der Waals surface area contributed by atoms with Crippen LogP contribution in [0.2, 0.25) is 5.02 Å². The molecule has 1 amide bonds. The summed E-state index contributed by atoms with van der Waals surface area (Å²) in [5.74, 6) is -0.397. The van der Waals surface area contributed by atoms with Crippen molar-refractivity contribution in [1.82, 2.24) is 0 Å². The van der Waals surface area contributed by atoms with Crippen LogP contribution < -0.4 is 5.32 Å². The second kappa shape index (κ2) is 5.78. The average Bonchev–Trinajstić information content (AvgIpc) is 2.45. The van der Waals surface area contributed by atoms with E-state index in [1.54, 1.807) is 6.92 Å². The first-order valence-electron chi connectivity index (χ1n) is 6.69. The molecule has 4 heteroatoms. The number of aromatic hydroxyl groups is 1. The lowest BCUT2D eigenvalue weighted by atomic mass is 10.0. The molecule has 0 fully saturated rings. The van der Waals surface area contributed by atoms with Gasteiger partial charge < -0.3 is 10.4 Å². The van der Waals surface area contributed by atoms with Gasteiger partial charge in [-0.3, -0.25) is 4.79 Å². The highest BCUT2D eigenvalue weighted by molar-refractivity contribution is 6.32. The minimum Gasteiger partial charge on any atom is -0.507 e. The molecule has 21 heavy (non-hydrogen) atoms. The van der Waals surface area contributed by atoms with Gasteiger partial charge in [-0.25, -0.2) is 0 Å². The number of halogens is 1. The zero-order valence-electron chi connectivity index (χ0n) is 12.5. The van der Waals surface area contributed by atoms with Crippen molar-refractivity contribution in [2.45, 2.75) is 27.7 Å². The van der Waals surface area contributed by atoms with Gasteiger partial charge in [0.25, 0.3) is 5.91 Å². The Labute approximate surface area is 129 Å². The molecule has 2 rings (SSSR count). The van der Waals surface area contributed by atoms with Crippen LogP contribution in [0.5, 0.6) is 5.75 Å². The van der Waals surface area contributed by atoms with Crippen LogP contribution in [0, 0.1) is 27.7 Å². The predicted molar refractivity (Wildman–Crippen MR) is 86.5 cm³/mol. The highest BCUT2D eigenvalue weighted by Gasteiger charge is 2.17. The maximum absolute atomic E-state index is 12.4. The van der Waals surface area contributed by atoms with Gasteiger partial charge in [-0.15, -0.1) is 0 Å². The van der Waals surface area contributed by atoms with Gasteiger partial charge in [-0.2, -0.15) is 0 Å². The molecule has 0 heterocycles. The number of rotatable bonds is 2. The summed E-state index contributed by atoms with van der Waals surface area (Å²) < 4.78 is 0. The molecular weight excluding hydrogens is 286 g/mol. The van der Waals surface area contributed by atoms with Gasteiger partial charge in [0, 0.05) is 10.7 Å². The van der Waals surface area contributed by atoms with Crippen molar-refractivity contribution >= 4 is 23.2 Å². The van der Waals surface area contributed by atoms with E-state index in [1.807, 2.05) is 39.0 Å². The molecule has 3 nitrogen and oxygen atoms in total. The molecular formula is C17H18ClNO2. The minimum absolute atomic E-state index is 0.0280. The second-order valence-corrected chi connectivity index (χ2v) is 5.61. The van der Waals surface area contributed by atoms with Crippen LogP contribution >= 0.6 is 11.6 Å². The van der Waals surface area contributed by atoms with E-state index in [2.05, 4.69) is 5.32 Å². The number of hydrogen-bond donors (Lipinski definition) is 2. The van der Waals surface area contributed by atoms with Gasteiger partial charge in [-0.05, 0) is 62.1 Å². The molecule has 2 aromatic rings. The number of carbonyl (C=O) groups excluding carboxylic acids is 1. The van der Waals surface area contributed by atoms with Crippen LogP contribution in [0.25, 0.3) is 0 Å². The van der Waals surface area contributed by atoms with Gasteiger partial charge >= 0.3 is 0 Å². The van der Waals surface area contributed by atoms with Gasteiger partial charge in [0.05, 0.1) is 5.56 Å². The van der Waals surface area contributed by atoms with Gasteiger partial charge in [0.2, 0.25) is 0 Å². The van der Waals surface area contributed by atoms with Crippen molar-refractivity contribution in [3.8, 4) is 5.75 Å². The number of anilines is 1. The van der Waals surface area contributed by atoms with E-state index in [0.29, 0.717) is 10.6 Å². The third-order valence-corrected chi connectivity index (χ3v) is 4.29. The smallest absolute Gasteiger partial charge is 0.259 e. The summed E-state index contributed by atoms with van der Waals surface area (Å²) in [6.45, 7) is 7.47. The summed E-state index contributed by atoms with van der Waals surface area (Å²) in [4.78, 5) is 12.4. The Balaban J connectivity index is 2.40. The van der Waals surface area contributed by atoms with E-state index in [1.165, 1.54) is 6.07 Å². The third-order valence-electron chi connectivity index (χ3n) is 3.90. The van der Waals surface area contributed by atoms with Crippen molar-refractivity contribution < 1.29 is 9.90 Å². The zero-order valence-corrected chi connectivity index (χ0v) is 13.3. The van der Waals surface area contributed by atoms with Gasteiger partial charge in [0.1, 0.15) is 5.75 Å². The molecule has 0 aliphatic heterocycles. The molecule has 0 aliphatic carbocycles. The van der Waals surface area contributed by atoms with Crippen molar-refractivity contribution in [1.29, 1.82) is 0 Å². The molecule has 0 aromatic heterocycles. The van der Waals surface area contributed by atoms with Crippen LogP contribution in [0.15, 0.2) is 24.3 Å². The minimum atomic E-state index is -0.369. The topological polar surface area (TPSA) is 49.3 Å². The summed E-state index contributed by atoms with van der Waals surface area (Å²) >= 11 is 6.10. The summed E-state index contributed by atoms with van der Waals surface area (Å²) in [5, 5.41) is 13.4. The van der Waals surface area contributed by atoms with E-state index in [9.17, 15) is 9.90 Å². The monoisotopic (exact) mass is 303 g/mol. The fraction of sp³-hybridized carbons (Fsp3) is 0.235. The van der Waals surface area contributed by atoms with Gasteiger partial charge in [-0.1, -0.05) is 23.7 Å². The highest BCUT2D eigenvalue weighted by atomic mass is 35.5. The molecule has 0 bridgehead atoms. The van der Waals surface area contributed by atoms with Crippen molar-refractivity contribution in [2.75, 3.05) is 5.32 Å². The first kappa shape index (κ1) is 15.4. The van der Waals surface area contributed by atoms with Crippen molar-refractivity contribution in [3.05, 3.63) is 57.1 Å². The number of nitrogens with one attached hydrogen (secondary N) is 1. The molecule has 0 unspecified atom stereocenters. The lowest BCUT2D eigenvalue weighted by Crippen LogP contribution is -2.14. The van der Waals surface area contributed by atoms with Gasteiger partial charge in [0.15, 0.2) is 0 Å². The Morgan fingerprint density at radius 3 is 2.43 bits per heavy atom. The van der Waals surface area contributed by atoms with Crippen LogP contribution in [-0.2, 0) is 0 Å². The standard InChI is InChI=1S/C17H18ClNO2/c1-9-6-5-7-15(10(9)2)19-17(21)13-8-14(18)11(3)12(4)16(13)20/h5-8,20H,1-4H3,(H,19,21). The number of amides is 1. The lowest BCUT2D eigenvalue weighted by molar-refractivity contribution is 0.102. The van der Waals surface area contributed by atoms with Crippen molar-refractivity contribution in [3.63, 3.8) is 0 Å². The fourth-order valence-electron chi connectivity index (χ4n) is 2.11. The first-order chi connectivity index (χ1) is 9.82. The molecule has 0 aliphatic rings. The Kier molecular flexibility index (Phi) is 4.24. The molecule has 0 atom stereocenters. The summed E-state index contributed by atoms with van der Waals surface area (Å²) in [6, 6.07) is 7.19. The Hall–Kier alpha value is -2.00. The van der Waals surface area contributed by atoms with E-state index in [0.717, 1.165) is 22.4 Å². The number of benzene rings is 2. The fourth-order valence-corrected chi connectivity index (χ4v) is 2.36. The van der Waals surface area contributed by atoms with Crippen LogP contribution in [0.1, 0.15) is 32.6 Å². The average molecular weight is 304 g/mol. The van der Waals surface area contributed by atoms with Crippen LogP contribution in [0.3, 0.4) is 0 Å². The molecule has 0 spiro atoms. The summed E-state index contributed by atoms with van der Waals surface area (Å²) in [6.07, 6.45) is 0. The number of hydrogen-bond acceptors (Lipinski definition) is 2. The molecule has 110 valence electrons. The van der Waals surface area contributed by atoms with E-state index in [4.69, 9.17) is 11.6 Å². The summed E-state index contributed by atoms with van der Waals surface area (Å²) in [7, 11) is 0. The molecule has 0 saturated heterocycles. The number of carbonyl (C=O) groups is 1. The van der Waals surface area contributed by atoms with E-state index in [-0.39, 0.29) is 17.2 Å². The lowest BCUT2D eigenvalue weighted by Gasteiger charge is -2.14. The van der Waals surface area contributed by atoms with E-state index >= 15 is 0 Å². The summed E-state index contributed by atoms with van der Waals surface area (Å²) in [5.41, 5.74) is 4.40. The predicted octanol–water partition coefficient (Wildman–Crippen LogP) is 4.53. The quantitative estimate of drug-likeness (QED) is 0.856. The molecule has 0 radical (unpaired) electrons. The zero-order chi connectivity index (χ0) is 15.7. The Morgan fingerprint density at radius 1 is 1.10 bits per heavy atom. The largest absolute Gasteiger partial charge is 0.507 e. The highest BCUT2D eigenvalue weighted by Crippen LogP contribution is 2.31. The third kappa shape index (κ3) is 2.88. The number of aryl methyl sites for hydroxylation is 1. The number of phenols is 1. The second-order valence-electron chi connectivity index (χ2n) is 5.21. The molecule has 2 aromatic carbocycles. The molecule has 2 N–H and O–H groups in total. The SMILES string of the molecule is Cc1cccc(NC(=O)c2cc(Cl)c(C)c(C)c2O)c1C. The maximum Gasteiger partial charge on any atom is 0.259 e. The maximum atomic E-state index is 12.4. The van der Waals surface area contributed by atoms with Crippen molar-refractivity contribution in [2.24, 2.45) is 0 Å². The van der Waals surface area contributed by atoms with Crippen LogP contribution in [-0.4, -0.2) is 11.0 Å². The Bertz CT molecular complexity index is 723. The number of phenolic OH excluding ortho intramolecular Hbond substituents is 1. The first-order valence-corrected chi connectivity index (χ1v) is 7.07. The van der Waals surface area contributed by atoms with E-state index < -0.39 is 0 Å². The normalized spacial score (nSPS) is 10.5. The molecule has 0 saturated carbocycles. The Morgan fingerprint density at radius 2 is 1.76 bits per heavy atom.